The molecule has 4 heteroatoms. The summed E-state index contributed by atoms with van der Waals surface area (Å²) >= 11 is 3.45. The van der Waals surface area contributed by atoms with E-state index in [0.717, 1.165) is 50.6 Å². The molecule has 1 heterocycles. The summed E-state index contributed by atoms with van der Waals surface area (Å²) in [5.74, 6) is 0.758. The van der Waals surface area contributed by atoms with E-state index in [-0.39, 0.29) is 12.0 Å². The van der Waals surface area contributed by atoms with Crippen LogP contribution in [0, 0.1) is 5.92 Å². The fraction of sp³-hybridized carbons (Fsp3) is 0.917. The van der Waals surface area contributed by atoms with Gasteiger partial charge in [0.25, 0.3) is 0 Å². The summed E-state index contributed by atoms with van der Waals surface area (Å²) in [5.41, 5.74) is 0. The van der Waals surface area contributed by atoms with Crippen LogP contribution < -0.4 is 5.32 Å². The summed E-state index contributed by atoms with van der Waals surface area (Å²) < 4.78 is 5.42. The predicted octanol–water partition coefficient (Wildman–Crippen LogP) is 2.48. The van der Waals surface area contributed by atoms with Gasteiger partial charge in [0.1, 0.15) is 6.10 Å². The van der Waals surface area contributed by atoms with E-state index in [0.29, 0.717) is 5.92 Å². The van der Waals surface area contributed by atoms with Crippen molar-refractivity contribution < 1.29 is 9.53 Å². The monoisotopic (exact) mass is 291 g/mol. The maximum atomic E-state index is 11.7. The quantitative estimate of drug-likeness (QED) is 0.603. The molecular weight excluding hydrogens is 270 g/mol. The van der Waals surface area contributed by atoms with Crippen molar-refractivity contribution in [2.45, 2.75) is 45.1 Å². The smallest absolute Gasteiger partial charge is 0.249 e. The van der Waals surface area contributed by atoms with Crippen LogP contribution in [0.5, 0.6) is 0 Å². The highest BCUT2D eigenvalue weighted by atomic mass is 79.9. The highest BCUT2D eigenvalue weighted by molar-refractivity contribution is 9.09. The fourth-order valence-electron chi connectivity index (χ4n) is 1.80. The van der Waals surface area contributed by atoms with Crippen molar-refractivity contribution in [2.24, 2.45) is 5.92 Å². The summed E-state index contributed by atoms with van der Waals surface area (Å²) in [6, 6.07) is 0. The van der Waals surface area contributed by atoms with Gasteiger partial charge in [0.15, 0.2) is 0 Å². The molecule has 0 aromatic heterocycles. The number of hydrogen-bond acceptors (Lipinski definition) is 2. The molecule has 0 aromatic carbocycles. The van der Waals surface area contributed by atoms with Gasteiger partial charge in [-0.3, -0.25) is 4.79 Å². The Morgan fingerprint density at radius 2 is 2.38 bits per heavy atom. The van der Waals surface area contributed by atoms with Crippen LogP contribution in [-0.4, -0.2) is 30.5 Å². The van der Waals surface area contributed by atoms with Crippen molar-refractivity contribution in [1.82, 2.24) is 5.32 Å². The Morgan fingerprint density at radius 1 is 1.56 bits per heavy atom. The fourth-order valence-corrected chi connectivity index (χ4v) is 2.12. The van der Waals surface area contributed by atoms with Crippen molar-refractivity contribution in [3.63, 3.8) is 0 Å². The van der Waals surface area contributed by atoms with Crippen LogP contribution in [-0.2, 0) is 9.53 Å². The molecule has 2 unspecified atom stereocenters. The molecule has 0 aromatic rings. The summed E-state index contributed by atoms with van der Waals surface area (Å²) in [4.78, 5) is 11.7. The van der Waals surface area contributed by atoms with E-state index in [1.165, 1.54) is 0 Å². The summed E-state index contributed by atoms with van der Waals surface area (Å²) in [6.45, 7) is 3.72. The van der Waals surface area contributed by atoms with Gasteiger partial charge < -0.3 is 10.1 Å². The van der Waals surface area contributed by atoms with Crippen LogP contribution in [0.3, 0.4) is 0 Å². The van der Waals surface area contributed by atoms with Crippen molar-refractivity contribution in [3.8, 4) is 0 Å². The number of halogens is 1. The number of nitrogens with one attached hydrogen (secondary N) is 1. The molecule has 3 nitrogen and oxygen atoms in total. The molecule has 1 amide bonds. The van der Waals surface area contributed by atoms with Crippen molar-refractivity contribution in [3.05, 3.63) is 0 Å². The topological polar surface area (TPSA) is 38.3 Å². The normalized spacial score (nSPS) is 22.8. The predicted molar refractivity (Wildman–Crippen MR) is 68.8 cm³/mol. The molecule has 1 aliphatic heterocycles. The van der Waals surface area contributed by atoms with E-state index in [1.54, 1.807) is 0 Å². The number of hydrogen-bond donors (Lipinski definition) is 1. The Bertz CT molecular complexity index is 205. The lowest BCUT2D eigenvalue weighted by molar-refractivity contribution is -0.135. The van der Waals surface area contributed by atoms with Gasteiger partial charge in [-0.25, -0.2) is 0 Å². The lowest BCUT2D eigenvalue weighted by Gasteiger charge is -2.21. The van der Waals surface area contributed by atoms with Gasteiger partial charge in [-0.1, -0.05) is 22.9 Å². The lowest BCUT2D eigenvalue weighted by Crippen LogP contribution is -2.38. The molecule has 0 spiro atoms. The first kappa shape index (κ1) is 14.0. The average molecular weight is 292 g/mol. The third-order valence-electron chi connectivity index (χ3n) is 2.91. The van der Waals surface area contributed by atoms with E-state index >= 15 is 0 Å². The third kappa shape index (κ3) is 5.30. The minimum Gasteiger partial charge on any atom is -0.368 e. The summed E-state index contributed by atoms with van der Waals surface area (Å²) in [7, 11) is 0. The SMILES string of the molecule is CC(CBr)CCCNC(=O)C1CCCCO1. The first-order valence-electron chi connectivity index (χ1n) is 6.19. The molecular formula is C12H22BrNO2. The Balaban J connectivity index is 2.05. The maximum Gasteiger partial charge on any atom is 0.249 e. The lowest BCUT2D eigenvalue weighted by atomic mass is 10.1. The number of alkyl halides is 1. The van der Waals surface area contributed by atoms with Gasteiger partial charge in [0.05, 0.1) is 0 Å². The van der Waals surface area contributed by atoms with Crippen molar-refractivity contribution >= 4 is 21.8 Å². The van der Waals surface area contributed by atoms with Crippen LogP contribution >= 0.6 is 15.9 Å². The van der Waals surface area contributed by atoms with Crippen molar-refractivity contribution in [1.29, 1.82) is 0 Å². The van der Waals surface area contributed by atoms with E-state index in [4.69, 9.17) is 4.74 Å². The second-order valence-corrected chi connectivity index (χ2v) is 5.20. The number of rotatable bonds is 6. The van der Waals surface area contributed by atoms with Crippen LogP contribution in [0.2, 0.25) is 0 Å². The zero-order valence-corrected chi connectivity index (χ0v) is 11.6. The third-order valence-corrected chi connectivity index (χ3v) is 4.01. The van der Waals surface area contributed by atoms with Gasteiger partial charge in [0.2, 0.25) is 5.91 Å². The molecule has 0 radical (unpaired) electrons. The van der Waals surface area contributed by atoms with Crippen LogP contribution in [0.4, 0.5) is 0 Å². The first-order valence-corrected chi connectivity index (χ1v) is 7.31. The zero-order chi connectivity index (χ0) is 11.8. The molecule has 0 saturated carbocycles. The minimum absolute atomic E-state index is 0.0752. The molecule has 1 N–H and O–H groups in total. The molecule has 1 rings (SSSR count). The summed E-state index contributed by atoms with van der Waals surface area (Å²) in [6.07, 6.45) is 5.08. The van der Waals surface area contributed by atoms with E-state index in [9.17, 15) is 4.79 Å². The van der Waals surface area contributed by atoms with E-state index in [1.807, 2.05) is 0 Å². The maximum absolute atomic E-state index is 11.7. The first-order chi connectivity index (χ1) is 7.74. The van der Waals surface area contributed by atoms with Crippen LogP contribution in [0.25, 0.3) is 0 Å². The molecule has 1 fully saturated rings. The Morgan fingerprint density at radius 3 is 3.00 bits per heavy atom. The van der Waals surface area contributed by atoms with Gasteiger partial charge >= 0.3 is 0 Å². The molecule has 94 valence electrons. The molecule has 0 bridgehead atoms. The average Bonchev–Trinajstić information content (AvgIpc) is 2.35. The van der Waals surface area contributed by atoms with E-state index < -0.39 is 0 Å². The van der Waals surface area contributed by atoms with Gasteiger partial charge in [-0.15, -0.1) is 0 Å². The minimum atomic E-state index is -0.192. The molecule has 16 heavy (non-hydrogen) atoms. The number of ether oxygens (including phenoxy) is 1. The molecule has 1 saturated heterocycles. The van der Waals surface area contributed by atoms with Crippen LogP contribution in [0.15, 0.2) is 0 Å². The van der Waals surface area contributed by atoms with Gasteiger partial charge in [-0.2, -0.15) is 0 Å². The number of carbonyl (C=O) groups is 1. The van der Waals surface area contributed by atoms with Crippen molar-refractivity contribution in [2.75, 3.05) is 18.5 Å². The number of carbonyl (C=O) groups excluding carboxylic acids is 1. The molecule has 2 atom stereocenters. The van der Waals surface area contributed by atoms with Crippen LogP contribution in [0.1, 0.15) is 39.0 Å². The van der Waals surface area contributed by atoms with Gasteiger partial charge in [0, 0.05) is 18.5 Å². The molecule has 0 aliphatic carbocycles. The highest BCUT2D eigenvalue weighted by Crippen LogP contribution is 2.12. The second kappa shape index (κ2) is 8.07. The Labute approximate surface area is 106 Å². The van der Waals surface area contributed by atoms with E-state index in [2.05, 4.69) is 28.2 Å². The zero-order valence-electron chi connectivity index (χ0n) is 10.0. The Hall–Kier alpha value is -0.0900. The summed E-state index contributed by atoms with van der Waals surface area (Å²) in [5, 5.41) is 3.99. The second-order valence-electron chi connectivity index (χ2n) is 4.55. The Kier molecular flexibility index (Phi) is 7.05. The number of amides is 1. The molecule has 1 aliphatic rings. The highest BCUT2D eigenvalue weighted by Gasteiger charge is 2.21. The standard InChI is InChI=1S/C12H22BrNO2/c1-10(9-13)5-4-7-14-12(15)11-6-2-3-8-16-11/h10-11H,2-9H2,1H3,(H,14,15). The van der Waals surface area contributed by atoms with Gasteiger partial charge in [-0.05, 0) is 38.0 Å². The largest absolute Gasteiger partial charge is 0.368 e.